The number of benzene rings is 1. The van der Waals surface area contributed by atoms with Crippen molar-refractivity contribution in [3.8, 4) is 0 Å². The summed E-state index contributed by atoms with van der Waals surface area (Å²) >= 11 is 0. The van der Waals surface area contributed by atoms with Gasteiger partial charge in [-0.25, -0.2) is 0 Å². The molecule has 2 nitrogen and oxygen atoms in total. The van der Waals surface area contributed by atoms with Crippen LogP contribution in [0.5, 0.6) is 0 Å². The third kappa shape index (κ3) is 3.30. The van der Waals surface area contributed by atoms with Crippen LogP contribution in [0.4, 0.5) is 0 Å². The first-order chi connectivity index (χ1) is 6.38. The van der Waals surface area contributed by atoms with E-state index in [-0.39, 0.29) is 12.2 Å². The fourth-order valence-electron chi connectivity index (χ4n) is 1.23. The van der Waals surface area contributed by atoms with Crippen molar-refractivity contribution < 1.29 is 9.90 Å². The van der Waals surface area contributed by atoms with Crippen LogP contribution in [0.15, 0.2) is 24.3 Å². The number of rotatable bonds is 3. The van der Waals surface area contributed by atoms with E-state index < -0.39 is 5.60 Å². The predicted octanol–water partition coefficient (Wildman–Crippen LogP) is 2.34. The highest BCUT2D eigenvalue weighted by molar-refractivity contribution is 5.96. The summed E-state index contributed by atoms with van der Waals surface area (Å²) in [5.74, 6) is -0.0162. The molecule has 0 atom stereocenters. The highest BCUT2D eigenvalue weighted by atomic mass is 16.3. The maximum absolute atomic E-state index is 11.6. The molecule has 0 aliphatic heterocycles. The number of hydrogen-bond donors (Lipinski definition) is 1. The fourth-order valence-corrected chi connectivity index (χ4v) is 1.23. The molecule has 0 aromatic heterocycles. The molecule has 1 aromatic carbocycles. The van der Waals surface area contributed by atoms with Gasteiger partial charge in [-0.15, -0.1) is 0 Å². The highest BCUT2D eigenvalue weighted by Gasteiger charge is 2.18. The van der Waals surface area contributed by atoms with Gasteiger partial charge in [-0.1, -0.05) is 29.8 Å². The van der Waals surface area contributed by atoms with Crippen LogP contribution in [0.25, 0.3) is 0 Å². The lowest BCUT2D eigenvalue weighted by Gasteiger charge is -2.15. The number of aryl methyl sites for hydroxylation is 1. The minimum absolute atomic E-state index is 0.0162. The largest absolute Gasteiger partial charge is 0.390 e. The summed E-state index contributed by atoms with van der Waals surface area (Å²) in [7, 11) is 0. The lowest BCUT2D eigenvalue weighted by atomic mass is 9.97. The zero-order valence-corrected chi connectivity index (χ0v) is 8.87. The lowest BCUT2D eigenvalue weighted by Crippen LogP contribution is -2.23. The van der Waals surface area contributed by atoms with Gasteiger partial charge >= 0.3 is 0 Å². The SMILES string of the molecule is Cc1ccc(C(=O)CC(C)(C)O)cc1. The van der Waals surface area contributed by atoms with Crippen LogP contribution in [0.3, 0.4) is 0 Å². The third-order valence-corrected chi connectivity index (χ3v) is 1.97. The van der Waals surface area contributed by atoms with Crippen molar-refractivity contribution in [1.29, 1.82) is 0 Å². The Morgan fingerprint density at radius 2 is 1.79 bits per heavy atom. The molecule has 0 saturated carbocycles. The molecule has 0 saturated heterocycles. The molecular weight excluding hydrogens is 176 g/mol. The van der Waals surface area contributed by atoms with Gasteiger partial charge in [0.05, 0.1) is 5.60 Å². The van der Waals surface area contributed by atoms with Crippen molar-refractivity contribution in [2.45, 2.75) is 32.8 Å². The Morgan fingerprint density at radius 1 is 1.29 bits per heavy atom. The van der Waals surface area contributed by atoms with Gasteiger partial charge in [0.1, 0.15) is 0 Å². The monoisotopic (exact) mass is 192 g/mol. The first-order valence-corrected chi connectivity index (χ1v) is 4.71. The van der Waals surface area contributed by atoms with Crippen LogP contribution in [-0.2, 0) is 0 Å². The lowest BCUT2D eigenvalue weighted by molar-refractivity contribution is 0.0587. The fraction of sp³-hybridized carbons (Fsp3) is 0.417. The van der Waals surface area contributed by atoms with Crippen LogP contribution < -0.4 is 0 Å². The van der Waals surface area contributed by atoms with Crippen LogP contribution in [-0.4, -0.2) is 16.5 Å². The van der Waals surface area contributed by atoms with Crippen molar-refractivity contribution >= 4 is 5.78 Å². The molecule has 76 valence electrons. The molecule has 1 aromatic rings. The van der Waals surface area contributed by atoms with Crippen molar-refractivity contribution in [3.05, 3.63) is 35.4 Å². The summed E-state index contributed by atoms with van der Waals surface area (Å²) in [6.45, 7) is 5.25. The first-order valence-electron chi connectivity index (χ1n) is 4.71. The van der Waals surface area contributed by atoms with E-state index in [0.717, 1.165) is 5.56 Å². The Hall–Kier alpha value is -1.15. The van der Waals surface area contributed by atoms with E-state index in [4.69, 9.17) is 0 Å². The van der Waals surface area contributed by atoms with Gasteiger partial charge in [0.15, 0.2) is 5.78 Å². The summed E-state index contributed by atoms with van der Waals surface area (Å²) in [6, 6.07) is 7.39. The summed E-state index contributed by atoms with van der Waals surface area (Å²) in [5.41, 5.74) is 0.865. The van der Waals surface area contributed by atoms with Crippen LogP contribution >= 0.6 is 0 Å². The minimum atomic E-state index is -0.929. The molecule has 0 heterocycles. The molecular formula is C12H16O2. The zero-order chi connectivity index (χ0) is 10.8. The van der Waals surface area contributed by atoms with Gasteiger partial charge in [0, 0.05) is 12.0 Å². The second-order valence-corrected chi connectivity index (χ2v) is 4.28. The maximum atomic E-state index is 11.6. The van der Waals surface area contributed by atoms with E-state index in [9.17, 15) is 9.90 Å². The number of Topliss-reactive ketones (excluding diaryl/α,β-unsaturated/α-hetero) is 1. The third-order valence-electron chi connectivity index (χ3n) is 1.97. The van der Waals surface area contributed by atoms with Gasteiger partial charge in [0.2, 0.25) is 0 Å². The van der Waals surface area contributed by atoms with Crippen LogP contribution in [0.1, 0.15) is 36.2 Å². The Labute approximate surface area is 84.6 Å². The predicted molar refractivity (Wildman–Crippen MR) is 56.4 cm³/mol. The number of aliphatic hydroxyl groups is 1. The van der Waals surface area contributed by atoms with Gasteiger partial charge in [0.25, 0.3) is 0 Å². The van der Waals surface area contributed by atoms with E-state index in [1.807, 2.05) is 19.1 Å². The van der Waals surface area contributed by atoms with Gasteiger partial charge in [-0.3, -0.25) is 4.79 Å². The minimum Gasteiger partial charge on any atom is -0.390 e. The molecule has 0 aliphatic carbocycles. The second-order valence-electron chi connectivity index (χ2n) is 4.28. The average molecular weight is 192 g/mol. The molecule has 0 spiro atoms. The smallest absolute Gasteiger partial charge is 0.165 e. The van der Waals surface area contributed by atoms with Gasteiger partial charge < -0.3 is 5.11 Å². The maximum Gasteiger partial charge on any atom is 0.165 e. The van der Waals surface area contributed by atoms with Crippen molar-refractivity contribution in [2.75, 3.05) is 0 Å². The molecule has 0 radical (unpaired) electrons. The van der Waals surface area contributed by atoms with Gasteiger partial charge in [-0.2, -0.15) is 0 Å². The van der Waals surface area contributed by atoms with Crippen molar-refractivity contribution in [3.63, 3.8) is 0 Å². The van der Waals surface area contributed by atoms with E-state index in [1.54, 1.807) is 26.0 Å². The molecule has 0 unspecified atom stereocenters. The van der Waals surface area contributed by atoms with E-state index >= 15 is 0 Å². The summed E-state index contributed by atoms with van der Waals surface area (Å²) in [4.78, 5) is 11.6. The van der Waals surface area contributed by atoms with E-state index in [0.29, 0.717) is 5.56 Å². The van der Waals surface area contributed by atoms with E-state index in [1.165, 1.54) is 0 Å². The molecule has 1 rings (SSSR count). The summed E-state index contributed by atoms with van der Waals surface area (Å²) < 4.78 is 0. The molecule has 0 bridgehead atoms. The first kappa shape index (κ1) is 10.9. The Bertz CT molecular complexity index is 317. The molecule has 0 fully saturated rings. The van der Waals surface area contributed by atoms with Gasteiger partial charge in [-0.05, 0) is 20.8 Å². The normalized spacial score (nSPS) is 11.4. The molecule has 1 N–H and O–H groups in total. The summed E-state index contributed by atoms with van der Waals surface area (Å²) in [5, 5.41) is 9.48. The Kier molecular flexibility index (Phi) is 3.06. The molecule has 0 amide bonds. The van der Waals surface area contributed by atoms with Crippen molar-refractivity contribution in [1.82, 2.24) is 0 Å². The molecule has 14 heavy (non-hydrogen) atoms. The second kappa shape index (κ2) is 3.93. The topological polar surface area (TPSA) is 37.3 Å². The highest BCUT2D eigenvalue weighted by Crippen LogP contribution is 2.13. The Morgan fingerprint density at radius 3 is 2.21 bits per heavy atom. The van der Waals surface area contributed by atoms with Crippen LogP contribution in [0, 0.1) is 6.92 Å². The number of carbonyl (C=O) groups is 1. The quantitative estimate of drug-likeness (QED) is 0.746. The average Bonchev–Trinajstić information content (AvgIpc) is 2.02. The van der Waals surface area contributed by atoms with E-state index in [2.05, 4.69) is 0 Å². The molecule has 0 aliphatic rings. The zero-order valence-electron chi connectivity index (χ0n) is 8.87. The number of carbonyl (C=O) groups excluding carboxylic acids is 1. The Balaban J connectivity index is 2.76. The standard InChI is InChI=1S/C12H16O2/c1-9-4-6-10(7-5-9)11(13)8-12(2,3)14/h4-7,14H,8H2,1-3H3. The number of hydrogen-bond acceptors (Lipinski definition) is 2. The van der Waals surface area contributed by atoms with Crippen molar-refractivity contribution in [2.24, 2.45) is 0 Å². The number of ketones is 1. The summed E-state index contributed by atoms with van der Waals surface area (Å²) in [6.07, 6.45) is 0.163. The van der Waals surface area contributed by atoms with Crippen LogP contribution in [0.2, 0.25) is 0 Å². The molecule has 2 heteroatoms.